The molecule has 0 unspecified atom stereocenters. The summed E-state index contributed by atoms with van der Waals surface area (Å²) in [5.41, 5.74) is 0. The molecule has 2 heteroatoms. The van der Waals surface area contributed by atoms with Crippen molar-refractivity contribution in [1.82, 2.24) is 0 Å². The summed E-state index contributed by atoms with van der Waals surface area (Å²) in [7, 11) is 0. The molecule has 0 N–H and O–H groups in total. The zero-order chi connectivity index (χ0) is 6.41. The topological polar surface area (TPSA) is 17.1 Å². The SMILES string of the molecule is CCC[Se]C(=O)CC. The van der Waals surface area contributed by atoms with Crippen LogP contribution in [0.5, 0.6) is 0 Å². The van der Waals surface area contributed by atoms with Crippen molar-refractivity contribution in [2.24, 2.45) is 0 Å². The van der Waals surface area contributed by atoms with Crippen molar-refractivity contribution < 1.29 is 4.79 Å². The summed E-state index contributed by atoms with van der Waals surface area (Å²) in [5, 5.41) is 1.12. The number of carbonyl (C=O) groups excluding carboxylic acids is 1. The van der Waals surface area contributed by atoms with E-state index in [1.807, 2.05) is 6.92 Å². The van der Waals surface area contributed by atoms with Crippen LogP contribution in [-0.2, 0) is 4.79 Å². The molecule has 0 aliphatic heterocycles. The predicted molar refractivity (Wildman–Crippen MR) is 36.1 cm³/mol. The van der Waals surface area contributed by atoms with Gasteiger partial charge in [-0.2, -0.15) is 0 Å². The van der Waals surface area contributed by atoms with E-state index in [2.05, 4.69) is 6.92 Å². The fraction of sp³-hybridized carbons (Fsp3) is 0.833. The first-order chi connectivity index (χ1) is 3.81. The van der Waals surface area contributed by atoms with E-state index in [0.717, 1.165) is 18.2 Å². The van der Waals surface area contributed by atoms with Crippen LogP contribution < -0.4 is 0 Å². The molecule has 0 aliphatic carbocycles. The molecular weight excluding hydrogens is 167 g/mol. The van der Waals surface area contributed by atoms with Gasteiger partial charge in [-0.25, -0.2) is 0 Å². The molecule has 0 radical (unpaired) electrons. The van der Waals surface area contributed by atoms with Gasteiger partial charge in [0.05, 0.1) is 0 Å². The quantitative estimate of drug-likeness (QED) is 0.597. The fourth-order valence-corrected chi connectivity index (χ4v) is 1.65. The number of carbonyl (C=O) groups is 1. The van der Waals surface area contributed by atoms with Crippen molar-refractivity contribution in [3.05, 3.63) is 0 Å². The van der Waals surface area contributed by atoms with Gasteiger partial charge >= 0.3 is 56.4 Å². The molecule has 0 heterocycles. The maximum absolute atomic E-state index is 10.6. The molecule has 0 aliphatic rings. The van der Waals surface area contributed by atoms with Gasteiger partial charge in [0.1, 0.15) is 0 Å². The second kappa shape index (κ2) is 5.33. The van der Waals surface area contributed by atoms with Crippen molar-refractivity contribution in [3.8, 4) is 0 Å². The third kappa shape index (κ3) is 4.35. The maximum atomic E-state index is 10.6. The molecule has 1 nitrogen and oxygen atoms in total. The molecule has 0 spiro atoms. The molecule has 0 aromatic carbocycles. The van der Waals surface area contributed by atoms with E-state index in [1.165, 1.54) is 0 Å². The van der Waals surface area contributed by atoms with Gasteiger partial charge in [-0.1, -0.05) is 0 Å². The average molecular weight is 179 g/mol. The zero-order valence-electron chi connectivity index (χ0n) is 5.44. The summed E-state index contributed by atoms with van der Waals surface area (Å²) in [6, 6.07) is 0. The molecule has 48 valence electrons. The van der Waals surface area contributed by atoms with Crippen molar-refractivity contribution >= 4 is 19.6 Å². The first kappa shape index (κ1) is 8.19. The van der Waals surface area contributed by atoms with Gasteiger partial charge in [0, 0.05) is 0 Å². The van der Waals surface area contributed by atoms with E-state index < -0.39 is 0 Å². The minimum absolute atomic E-state index is 0.295. The molecule has 0 bridgehead atoms. The number of hydrogen-bond acceptors (Lipinski definition) is 1. The Hall–Kier alpha value is 0.189. The van der Waals surface area contributed by atoms with E-state index in [1.54, 1.807) is 0 Å². The molecule has 0 saturated carbocycles. The molecule has 0 aromatic heterocycles. The van der Waals surface area contributed by atoms with Crippen LogP contribution in [0.3, 0.4) is 0 Å². The van der Waals surface area contributed by atoms with Crippen molar-refractivity contribution in [2.75, 3.05) is 0 Å². The molecule has 0 amide bonds. The van der Waals surface area contributed by atoms with E-state index >= 15 is 0 Å². The van der Waals surface area contributed by atoms with E-state index in [9.17, 15) is 4.79 Å². The monoisotopic (exact) mass is 180 g/mol. The molecule has 0 fully saturated rings. The second-order valence-corrected chi connectivity index (χ2v) is 3.99. The normalized spacial score (nSPS) is 9.25. The Morgan fingerprint density at radius 1 is 1.50 bits per heavy atom. The summed E-state index contributed by atoms with van der Waals surface area (Å²) in [5.74, 6) is 0. The van der Waals surface area contributed by atoms with E-state index in [4.69, 9.17) is 0 Å². The van der Waals surface area contributed by atoms with Gasteiger partial charge in [0.15, 0.2) is 0 Å². The Labute approximate surface area is 57.0 Å². The Bertz CT molecular complexity index is 70.9. The molecular formula is C6H12OSe. The van der Waals surface area contributed by atoms with Crippen LogP contribution in [0.15, 0.2) is 0 Å². The number of hydrogen-bond donors (Lipinski definition) is 0. The van der Waals surface area contributed by atoms with Crippen LogP contribution in [0.25, 0.3) is 0 Å². The molecule has 0 aromatic rings. The van der Waals surface area contributed by atoms with Crippen LogP contribution in [-0.4, -0.2) is 19.6 Å². The van der Waals surface area contributed by atoms with Gasteiger partial charge in [0.2, 0.25) is 0 Å². The van der Waals surface area contributed by atoms with Crippen molar-refractivity contribution in [3.63, 3.8) is 0 Å². The Morgan fingerprint density at radius 2 is 2.12 bits per heavy atom. The molecule has 0 atom stereocenters. The van der Waals surface area contributed by atoms with Gasteiger partial charge in [-0.3, -0.25) is 0 Å². The summed E-state index contributed by atoms with van der Waals surface area (Å²) >= 11 is 0.295. The third-order valence-corrected chi connectivity index (χ3v) is 3.32. The van der Waals surface area contributed by atoms with Crippen LogP contribution in [0.2, 0.25) is 5.32 Å². The first-order valence-corrected chi connectivity index (χ1v) is 5.03. The molecule has 0 saturated heterocycles. The van der Waals surface area contributed by atoms with Gasteiger partial charge < -0.3 is 0 Å². The van der Waals surface area contributed by atoms with E-state index in [-0.39, 0.29) is 0 Å². The summed E-state index contributed by atoms with van der Waals surface area (Å²) in [6.07, 6.45) is 1.89. The zero-order valence-corrected chi connectivity index (χ0v) is 7.15. The Kier molecular flexibility index (Phi) is 5.45. The van der Waals surface area contributed by atoms with Gasteiger partial charge in [-0.15, -0.1) is 0 Å². The van der Waals surface area contributed by atoms with E-state index in [0.29, 0.717) is 19.6 Å². The first-order valence-electron chi connectivity index (χ1n) is 2.96. The Morgan fingerprint density at radius 3 is 2.50 bits per heavy atom. The van der Waals surface area contributed by atoms with Crippen molar-refractivity contribution in [1.29, 1.82) is 0 Å². The van der Waals surface area contributed by atoms with Crippen LogP contribution >= 0.6 is 0 Å². The average Bonchev–Trinajstić information content (AvgIpc) is 1.83. The third-order valence-electron chi connectivity index (χ3n) is 0.756. The second-order valence-electron chi connectivity index (χ2n) is 1.57. The van der Waals surface area contributed by atoms with Gasteiger partial charge in [-0.05, 0) is 0 Å². The summed E-state index contributed by atoms with van der Waals surface area (Å²) in [6.45, 7) is 4.05. The van der Waals surface area contributed by atoms with Crippen molar-refractivity contribution in [2.45, 2.75) is 32.0 Å². The van der Waals surface area contributed by atoms with Crippen LogP contribution in [0.1, 0.15) is 26.7 Å². The number of rotatable bonds is 4. The van der Waals surface area contributed by atoms with Gasteiger partial charge in [0.25, 0.3) is 0 Å². The standard InChI is InChI=1S/C6H12OSe/c1-3-5-8-6(7)4-2/h3-5H2,1-2H3. The van der Waals surface area contributed by atoms with Crippen LogP contribution in [0, 0.1) is 0 Å². The predicted octanol–water partition coefficient (Wildman–Crippen LogP) is 1.46. The molecule has 0 rings (SSSR count). The Balaban J connectivity index is 2.99. The fourth-order valence-electron chi connectivity index (χ4n) is 0.318. The minimum atomic E-state index is 0.295. The van der Waals surface area contributed by atoms with Crippen LogP contribution in [0.4, 0.5) is 0 Å². The summed E-state index contributed by atoms with van der Waals surface area (Å²) < 4.78 is 0.458. The molecule has 8 heavy (non-hydrogen) atoms. The summed E-state index contributed by atoms with van der Waals surface area (Å²) in [4.78, 5) is 10.6.